The maximum atomic E-state index is 5.31. The fraction of sp³-hybridized carbons (Fsp3) is 1.00. The zero-order valence-electron chi connectivity index (χ0n) is 5.31. The third kappa shape index (κ3) is 2.32. The van der Waals surface area contributed by atoms with Gasteiger partial charge in [0.25, 0.3) is 0 Å². The topological polar surface area (TPSA) is 76.1 Å². The number of rotatable bonds is 3. The molecule has 0 saturated heterocycles. The molecule has 6 N–H and O–H groups in total. The Bertz CT molecular complexity index is 54.0. The first-order chi connectivity index (χ1) is 3.72. The molecule has 0 bridgehead atoms. The monoisotopic (exact) mass is 114 g/mol. The third-order valence-electron chi connectivity index (χ3n) is 1.01. The Hall–Kier alpha value is -0.0301. The quantitative estimate of drug-likeness (QED) is 0.303. The first kappa shape index (κ1) is 7.97. The van der Waals surface area contributed by atoms with Crippen LogP contribution in [0.4, 0.5) is 0 Å². The Morgan fingerprint density at radius 2 is 1.50 bits per heavy atom. The molecule has 0 aliphatic carbocycles. The van der Waals surface area contributed by atoms with Gasteiger partial charge in [0, 0.05) is 0 Å². The summed E-state index contributed by atoms with van der Waals surface area (Å²) >= 11 is 0. The first-order valence-corrected chi connectivity index (χ1v) is 2.58. The van der Waals surface area contributed by atoms with Crippen LogP contribution < -0.4 is 21.7 Å². The van der Waals surface area contributed by atoms with Gasteiger partial charge in [0.05, 0.1) is 0 Å². The summed E-state index contributed by atoms with van der Waals surface area (Å²) in [5, 5.41) is 5.78. The van der Waals surface area contributed by atoms with E-state index in [-0.39, 0.29) is 13.7 Å². The lowest BCUT2D eigenvalue weighted by Crippen LogP contribution is -2.65. The molecule has 0 rings (SSSR count). The van der Waals surface area contributed by atoms with Crippen LogP contribution in [0.3, 0.4) is 0 Å². The van der Waals surface area contributed by atoms with E-state index in [1.54, 1.807) is 14.1 Å². The first-order valence-electron chi connectivity index (χ1n) is 2.58. The molecule has 0 amide bonds. The molecule has 0 fully saturated rings. The van der Waals surface area contributed by atoms with Gasteiger partial charge in [0.15, 0.2) is 0 Å². The van der Waals surface area contributed by atoms with Crippen molar-refractivity contribution in [3.8, 4) is 0 Å². The lowest BCUT2D eigenvalue weighted by atomic mass is 9.36. The van der Waals surface area contributed by atoms with Crippen LogP contribution in [0.1, 0.15) is 0 Å². The smallest absolute Gasteiger partial charge is 0.306 e. The third-order valence-corrected chi connectivity index (χ3v) is 1.01. The molecule has 4 nitrogen and oxygen atoms in total. The van der Waals surface area contributed by atoms with Gasteiger partial charge in [-0.2, -0.15) is 0 Å². The SMILES string of the molecule is CNB(NC)B(N)N. The van der Waals surface area contributed by atoms with E-state index >= 15 is 0 Å². The summed E-state index contributed by atoms with van der Waals surface area (Å²) in [4.78, 5) is 0. The number of hydrogen-bond acceptors (Lipinski definition) is 4. The van der Waals surface area contributed by atoms with Crippen LogP contribution in [0.2, 0.25) is 0 Å². The number of nitrogens with one attached hydrogen (secondary N) is 2. The second-order valence-corrected chi connectivity index (χ2v) is 1.63. The van der Waals surface area contributed by atoms with Crippen molar-refractivity contribution < 1.29 is 0 Å². The highest BCUT2D eigenvalue weighted by Crippen LogP contribution is 1.60. The summed E-state index contributed by atoms with van der Waals surface area (Å²) in [5.41, 5.74) is 10.6. The van der Waals surface area contributed by atoms with Crippen molar-refractivity contribution in [2.75, 3.05) is 14.1 Å². The average Bonchev–Trinajstić information content (AvgIpc) is 1.69. The van der Waals surface area contributed by atoms with Crippen molar-refractivity contribution in [2.45, 2.75) is 0 Å². The van der Waals surface area contributed by atoms with Crippen LogP contribution in [-0.4, -0.2) is 27.8 Å². The molecule has 0 radical (unpaired) electrons. The molecule has 6 heteroatoms. The highest BCUT2D eigenvalue weighted by atomic mass is 14.9. The molecular weight excluding hydrogens is 102 g/mol. The Morgan fingerprint density at radius 3 is 1.50 bits per heavy atom. The number of nitrogens with two attached hydrogens (primary N) is 2. The lowest BCUT2D eigenvalue weighted by molar-refractivity contribution is 1.10. The molecule has 8 heavy (non-hydrogen) atoms. The van der Waals surface area contributed by atoms with Crippen LogP contribution in [0.25, 0.3) is 0 Å². The lowest BCUT2D eigenvalue weighted by Gasteiger charge is -2.09. The van der Waals surface area contributed by atoms with Crippen molar-refractivity contribution in [3.05, 3.63) is 0 Å². The minimum atomic E-state index is -0.343. The van der Waals surface area contributed by atoms with Crippen molar-refractivity contribution in [3.63, 3.8) is 0 Å². The predicted molar refractivity (Wildman–Crippen MR) is 38.0 cm³/mol. The van der Waals surface area contributed by atoms with E-state index in [0.29, 0.717) is 0 Å². The van der Waals surface area contributed by atoms with Crippen LogP contribution in [0.5, 0.6) is 0 Å². The van der Waals surface area contributed by atoms with Gasteiger partial charge < -0.3 is 21.7 Å². The van der Waals surface area contributed by atoms with Gasteiger partial charge in [-0.1, -0.05) is 0 Å². The van der Waals surface area contributed by atoms with Gasteiger partial charge in [0.2, 0.25) is 0 Å². The van der Waals surface area contributed by atoms with Crippen molar-refractivity contribution >= 4 is 13.7 Å². The Balaban J connectivity index is 3.35. The maximum absolute atomic E-state index is 5.31. The molecule has 0 aromatic heterocycles. The fourth-order valence-corrected chi connectivity index (χ4v) is 0.529. The normalized spacial score (nSPS) is 9.00. The number of hydrogen-bond donors (Lipinski definition) is 4. The molecule has 0 heterocycles. The van der Waals surface area contributed by atoms with Gasteiger partial charge in [0.1, 0.15) is 0 Å². The van der Waals surface area contributed by atoms with Gasteiger partial charge in [-0.15, -0.1) is 0 Å². The molecular formula is C2H12B2N4. The zero-order valence-corrected chi connectivity index (χ0v) is 5.31. The summed E-state index contributed by atoms with van der Waals surface area (Å²) in [6.07, 6.45) is 0. The van der Waals surface area contributed by atoms with Gasteiger partial charge in [-0.25, -0.2) is 0 Å². The van der Waals surface area contributed by atoms with E-state index in [4.69, 9.17) is 11.3 Å². The van der Waals surface area contributed by atoms with Crippen molar-refractivity contribution in [2.24, 2.45) is 11.3 Å². The molecule has 0 aromatic carbocycles. The maximum Gasteiger partial charge on any atom is 0.306 e. The summed E-state index contributed by atoms with van der Waals surface area (Å²) in [5.74, 6) is 0. The zero-order chi connectivity index (χ0) is 6.57. The Morgan fingerprint density at radius 1 is 1.12 bits per heavy atom. The Kier molecular flexibility index (Phi) is 3.90. The van der Waals surface area contributed by atoms with E-state index in [1.165, 1.54) is 0 Å². The van der Waals surface area contributed by atoms with Crippen molar-refractivity contribution in [1.29, 1.82) is 0 Å². The van der Waals surface area contributed by atoms with Crippen LogP contribution in [-0.2, 0) is 0 Å². The summed E-state index contributed by atoms with van der Waals surface area (Å²) in [6, 6.07) is 0. The molecule has 0 spiro atoms. The molecule has 0 aliphatic heterocycles. The minimum Gasteiger partial charge on any atom is -0.360 e. The standard InChI is InChI=1S/C2H12B2N4/c1-7-4(8-2)3(5)6/h7-8H,5-6H2,1-2H3. The van der Waals surface area contributed by atoms with E-state index in [0.717, 1.165) is 0 Å². The second kappa shape index (κ2) is 3.91. The summed E-state index contributed by atoms with van der Waals surface area (Å²) in [6.45, 7) is -0.333. The van der Waals surface area contributed by atoms with Crippen LogP contribution >= 0.6 is 0 Å². The molecule has 0 unspecified atom stereocenters. The highest BCUT2D eigenvalue weighted by Gasteiger charge is 2.19. The molecule has 0 atom stereocenters. The van der Waals surface area contributed by atoms with Gasteiger partial charge in [-0.3, -0.25) is 0 Å². The molecule has 0 aromatic rings. The van der Waals surface area contributed by atoms with Crippen LogP contribution in [0, 0.1) is 0 Å². The van der Waals surface area contributed by atoms with Gasteiger partial charge in [-0.05, 0) is 14.1 Å². The minimum absolute atomic E-state index is 0.00926. The predicted octanol–water partition coefficient (Wildman–Crippen LogP) is -2.60. The molecule has 0 aliphatic rings. The largest absolute Gasteiger partial charge is 0.360 e. The van der Waals surface area contributed by atoms with E-state index in [1.807, 2.05) is 0 Å². The molecule has 0 saturated carbocycles. The van der Waals surface area contributed by atoms with Crippen molar-refractivity contribution in [1.82, 2.24) is 10.5 Å². The van der Waals surface area contributed by atoms with E-state index in [9.17, 15) is 0 Å². The van der Waals surface area contributed by atoms with Gasteiger partial charge >= 0.3 is 13.7 Å². The fourth-order valence-electron chi connectivity index (χ4n) is 0.529. The van der Waals surface area contributed by atoms with E-state index in [2.05, 4.69) is 10.5 Å². The van der Waals surface area contributed by atoms with E-state index < -0.39 is 0 Å². The molecule has 46 valence electrons. The Labute approximate surface area is 50.6 Å². The second-order valence-electron chi connectivity index (χ2n) is 1.63. The summed E-state index contributed by atoms with van der Waals surface area (Å²) in [7, 11) is 3.60. The highest BCUT2D eigenvalue weighted by molar-refractivity contribution is 7.17. The van der Waals surface area contributed by atoms with Crippen LogP contribution in [0.15, 0.2) is 0 Å². The average molecular weight is 114 g/mol. The summed E-state index contributed by atoms with van der Waals surface area (Å²) < 4.78 is 0.